The Kier molecular flexibility index (Phi) is 6.15. The quantitative estimate of drug-likeness (QED) is 0.605. The zero-order valence-corrected chi connectivity index (χ0v) is 9.42. The summed E-state index contributed by atoms with van der Waals surface area (Å²) in [4.78, 5) is 0. The summed E-state index contributed by atoms with van der Waals surface area (Å²) in [7, 11) is 0. The molecule has 0 spiro atoms. The van der Waals surface area contributed by atoms with E-state index in [0.717, 1.165) is 26.3 Å². The Morgan fingerprint density at radius 2 is 2.21 bits per heavy atom. The highest BCUT2D eigenvalue weighted by molar-refractivity contribution is 4.67. The van der Waals surface area contributed by atoms with E-state index in [4.69, 9.17) is 9.47 Å². The number of ether oxygens (including phenoxy) is 2. The molecule has 0 aliphatic carbocycles. The maximum absolute atomic E-state index is 5.71. The molecule has 84 valence electrons. The van der Waals surface area contributed by atoms with Crippen molar-refractivity contribution < 1.29 is 9.47 Å². The number of hydrogen-bond donors (Lipinski definition) is 1. The second-order valence-corrected chi connectivity index (χ2v) is 4.02. The summed E-state index contributed by atoms with van der Waals surface area (Å²) in [6.07, 6.45) is 4.54. The fourth-order valence-corrected chi connectivity index (χ4v) is 1.47. The van der Waals surface area contributed by atoms with Gasteiger partial charge in [0.15, 0.2) is 0 Å². The monoisotopic (exact) mass is 201 g/mol. The van der Waals surface area contributed by atoms with Crippen LogP contribution in [0.5, 0.6) is 0 Å². The minimum Gasteiger partial charge on any atom is -0.376 e. The summed E-state index contributed by atoms with van der Waals surface area (Å²) < 4.78 is 10.8. The smallest absolute Gasteiger partial charge is 0.104 e. The molecule has 0 bridgehead atoms. The van der Waals surface area contributed by atoms with Gasteiger partial charge in [-0.2, -0.15) is 0 Å². The third kappa shape index (κ3) is 4.94. The number of hydrogen-bond acceptors (Lipinski definition) is 3. The minimum absolute atomic E-state index is 0.311. The summed E-state index contributed by atoms with van der Waals surface area (Å²) in [5, 5.41) is 3.41. The molecule has 1 atom stereocenters. The minimum atomic E-state index is 0.311. The van der Waals surface area contributed by atoms with Crippen molar-refractivity contribution >= 4 is 0 Å². The van der Waals surface area contributed by atoms with Crippen molar-refractivity contribution in [3.8, 4) is 0 Å². The highest BCUT2D eigenvalue weighted by Crippen LogP contribution is 2.07. The van der Waals surface area contributed by atoms with E-state index in [1.807, 2.05) is 0 Å². The van der Waals surface area contributed by atoms with E-state index in [2.05, 4.69) is 19.2 Å². The van der Waals surface area contributed by atoms with Crippen molar-refractivity contribution in [1.82, 2.24) is 5.32 Å². The Morgan fingerprint density at radius 3 is 2.79 bits per heavy atom. The second-order valence-electron chi connectivity index (χ2n) is 4.02. The first-order valence-corrected chi connectivity index (χ1v) is 5.77. The summed E-state index contributed by atoms with van der Waals surface area (Å²) >= 11 is 0. The van der Waals surface area contributed by atoms with Crippen LogP contribution in [0.2, 0.25) is 0 Å². The third-order valence-electron chi connectivity index (χ3n) is 2.42. The van der Waals surface area contributed by atoms with Crippen LogP contribution in [0.4, 0.5) is 0 Å². The van der Waals surface area contributed by atoms with Crippen LogP contribution in [0.1, 0.15) is 33.1 Å². The lowest BCUT2D eigenvalue weighted by Gasteiger charge is -2.29. The maximum Gasteiger partial charge on any atom is 0.104 e. The van der Waals surface area contributed by atoms with Gasteiger partial charge in [-0.05, 0) is 19.9 Å². The molecular formula is C11H23NO2. The van der Waals surface area contributed by atoms with E-state index in [1.54, 1.807) is 0 Å². The number of rotatable bonds is 8. The van der Waals surface area contributed by atoms with Crippen molar-refractivity contribution in [2.45, 2.75) is 45.3 Å². The lowest BCUT2D eigenvalue weighted by atomic mass is 10.2. The van der Waals surface area contributed by atoms with Crippen LogP contribution in [0.15, 0.2) is 0 Å². The first-order valence-electron chi connectivity index (χ1n) is 5.77. The van der Waals surface area contributed by atoms with E-state index in [9.17, 15) is 0 Å². The van der Waals surface area contributed by atoms with Crippen LogP contribution >= 0.6 is 0 Å². The average Bonchev–Trinajstić information content (AvgIpc) is 2.11. The topological polar surface area (TPSA) is 30.5 Å². The van der Waals surface area contributed by atoms with E-state index in [0.29, 0.717) is 12.2 Å². The van der Waals surface area contributed by atoms with Gasteiger partial charge < -0.3 is 14.8 Å². The zero-order valence-electron chi connectivity index (χ0n) is 9.42. The molecule has 3 heteroatoms. The van der Waals surface area contributed by atoms with Crippen LogP contribution in [0.3, 0.4) is 0 Å². The van der Waals surface area contributed by atoms with Crippen LogP contribution in [-0.2, 0) is 9.47 Å². The molecule has 1 aliphatic heterocycles. The Morgan fingerprint density at radius 1 is 1.43 bits per heavy atom. The normalized spacial score (nSPS) is 19.3. The molecule has 3 nitrogen and oxygen atoms in total. The Labute approximate surface area is 87.2 Å². The number of nitrogens with one attached hydrogen (secondary N) is 1. The number of unbranched alkanes of at least 4 members (excludes halogenated alkanes) is 2. The third-order valence-corrected chi connectivity index (χ3v) is 2.42. The standard InChI is InChI=1S/C11H23NO2/c1-3-4-5-6-12-7-10(2)14-11-8-13-9-11/h10-12H,3-9H2,1-2H3. The lowest BCUT2D eigenvalue weighted by Crippen LogP contribution is -2.41. The molecule has 0 aromatic carbocycles. The molecule has 1 N–H and O–H groups in total. The molecule has 1 unspecified atom stereocenters. The molecule has 0 aromatic heterocycles. The van der Waals surface area contributed by atoms with Crippen LogP contribution < -0.4 is 5.32 Å². The van der Waals surface area contributed by atoms with Crippen molar-refractivity contribution in [3.63, 3.8) is 0 Å². The molecule has 0 radical (unpaired) electrons. The van der Waals surface area contributed by atoms with Gasteiger partial charge in [0.1, 0.15) is 6.10 Å². The van der Waals surface area contributed by atoms with Gasteiger partial charge >= 0.3 is 0 Å². The Bertz CT molecular complexity index is 137. The van der Waals surface area contributed by atoms with Crippen molar-refractivity contribution in [3.05, 3.63) is 0 Å². The molecule has 0 saturated carbocycles. The molecule has 0 aromatic rings. The van der Waals surface area contributed by atoms with E-state index < -0.39 is 0 Å². The average molecular weight is 201 g/mol. The van der Waals surface area contributed by atoms with Gasteiger partial charge in [0, 0.05) is 6.54 Å². The van der Waals surface area contributed by atoms with Crippen molar-refractivity contribution in [2.24, 2.45) is 0 Å². The molecular weight excluding hydrogens is 178 g/mol. The first kappa shape index (κ1) is 12.0. The van der Waals surface area contributed by atoms with Crippen LogP contribution in [-0.4, -0.2) is 38.5 Å². The fourth-order valence-electron chi connectivity index (χ4n) is 1.47. The molecule has 1 saturated heterocycles. The van der Waals surface area contributed by atoms with E-state index in [-0.39, 0.29) is 0 Å². The van der Waals surface area contributed by atoms with Gasteiger partial charge in [0.05, 0.1) is 19.3 Å². The van der Waals surface area contributed by atoms with Crippen molar-refractivity contribution in [2.75, 3.05) is 26.3 Å². The van der Waals surface area contributed by atoms with Gasteiger partial charge in [-0.25, -0.2) is 0 Å². The van der Waals surface area contributed by atoms with Gasteiger partial charge in [0.25, 0.3) is 0 Å². The predicted octanol–water partition coefficient (Wildman–Crippen LogP) is 1.57. The highest BCUT2D eigenvalue weighted by atomic mass is 16.6. The summed E-state index contributed by atoms with van der Waals surface area (Å²) in [5.41, 5.74) is 0. The molecule has 1 fully saturated rings. The van der Waals surface area contributed by atoms with Gasteiger partial charge in [-0.15, -0.1) is 0 Å². The molecule has 1 aliphatic rings. The molecule has 1 heterocycles. The highest BCUT2D eigenvalue weighted by Gasteiger charge is 2.20. The largest absolute Gasteiger partial charge is 0.376 e. The van der Waals surface area contributed by atoms with E-state index in [1.165, 1.54) is 19.3 Å². The predicted molar refractivity (Wildman–Crippen MR) is 57.5 cm³/mol. The van der Waals surface area contributed by atoms with Gasteiger partial charge in [-0.1, -0.05) is 19.8 Å². The summed E-state index contributed by atoms with van der Waals surface area (Å²) in [6, 6.07) is 0. The molecule has 14 heavy (non-hydrogen) atoms. The lowest BCUT2D eigenvalue weighted by molar-refractivity contribution is -0.149. The summed E-state index contributed by atoms with van der Waals surface area (Å²) in [6.45, 7) is 7.97. The molecule has 1 rings (SSSR count). The van der Waals surface area contributed by atoms with E-state index >= 15 is 0 Å². The summed E-state index contributed by atoms with van der Waals surface area (Å²) in [5.74, 6) is 0. The zero-order chi connectivity index (χ0) is 10.2. The first-order chi connectivity index (χ1) is 6.83. The maximum atomic E-state index is 5.71. The SMILES string of the molecule is CCCCCNCC(C)OC1COC1. The van der Waals surface area contributed by atoms with Crippen molar-refractivity contribution in [1.29, 1.82) is 0 Å². The van der Waals surface area contributed by atoms with Crippen LogP contribution in [0, 0.1) is 0 Å². The fraction of sp³-hybridized carbons (Fsp3) is 1.00. The second kappa shape index (κ2) is 7.21. The van der Waals surface area contributed by atoms with Crippen LogP contribution in [0.25, 0.3) is 0 Å². The molecule has 0 amide bonds. The Balaban J connectivity index is 1.84. The Hall–Kier alpha value is -0.120. The van der Waals surface area contributed by atoms with Gasteiger partial charge in [0.2, 0.25) is 0 Å². The van der Waals surface area contributed by atoms with Gasteiger partial charge in [-0.3, -0.25) is 0 Å².